The molecule has 1 heterocycles. The fraction of sp³-hybridized carbons (Fsp3) is 0.273. The number of aromatic nitrogens is 2. The molecule has 1 aromatic heterocycles. The number of carbonyl (C=O) groups is 1. The van der Waals surface area contributed by atoms with Crippen molar-refractivity contribution >= 4 is 11.6 Å². The van der Waals surface area contributed by atoms with Gasteiger partial charge in [0.05, 0.1) is 18.8 Å². The predicted molar refractivity (Wildman–Crippen MR) is 111 cm³/mol. The highest BCUT2D eigenvalue weighted by atomic mass is 19.1. The zero-order chi connectivity index (χ0) is 20.6. The summed E-state index contributed by atoms with van der Waals surface area (Å²) in [6, 6.07) is 17.3. The molecule has 0 unspecified atom stereocenters. The number of halogens is 1. The lowest BCUT2D eigenvalue weighted by Gasteiger charge is -2.09. The third-order valence-corrected chi connectivity index (χ3v) is 4.29. The summed E-state index contributed by atoms with van der Waals surface area (Å²) in [5, 5.41) is 7.04. The maximum atomic E-state index is 13.9. The van der Waals surface area contributed by atoms with Gasteiger partial charge >= 0.3 is 0 Å². The Bertz CT molecular complexity index is 941. The van der Waals surface area contributed by atoms with Crippen LogP contribution in [0.5, 0.6) is 5.88 Å². The SMILES string of the molecule is CN(C)CCCOc1cc(C(=O)Nc2ccccc2F)n(Cc2ccccc2)n1. The van der Waals surface area contributed by atoms with Crippen molar-refractivity contribution < 1.29 is 13.9 Å². The Balaban J connectivity index is 1.78. The van der Waals surface area contributed by atoms with Gasteiger partial charge in [0.25, 0.3) is 5.91 Å². The van der Waals surface area contributed by atoms with Crippen molar-refractivity contribution in [2.75, 3.05) is 32.6 Å². The number of hydrogen-bond acceptors (Lipinski definition) is 4. The van der Waals surface area contributed by atoms with Gasteiger partial charge in [0.2, 0.25) is 5.88 Å². The van der Waals surface area contributed by atoms with Gasteiger partial charge in [-0.2, -0.15) is 0 Å². The molecular weight excluding hydrogens is 371 g/mol. The standard InChI is InChI=1S/C22H25FN4O2/c1-26(2)13-8-14-29-21-15-20(22(28)24-19-12-7-6-11-18(19)23)27(25-21)16-17-9-4-3-5-10-17/h3-7,9-12,15H,8,13-14,16H2,1-2H3,(H,24,28). The van der Waals surface area contributed by atoms with E-state index in [0.717, 1.165) is 18.5 Å². The summed E-state index contributed by atoms with van der Waals surface area (Å²) in [6.45, 7) is 1.79. The van der Waals surface area contributed by atoms with E-state index in [1.165, 1.54) is 12.1 Å². The molecule has 0 saturated carbocycles. The normalized spacial score (nSPS) is 10.9. The molecule has 0 radical (unpaired) electrons. The first kappa shape index (κ1) is 20.5. The molecule has 1 N–H and O–H groups in total. The quantitative estimate of drug-likeness (QED) is 0.561. The Morgan fingerprint density at radius 1 is 1.14 bits per heavy atom. The highest BCUT2D eigenvalue weighted by Crippen LogP contribution is 2.18. The van der Waals surface area contributed by atoms with Crippen LogP contribution in [0, 0.1) is 5.82 Å². The van der Waals surface area contributed by atoms with Gasteiger partial charge in [-0.3, -0.25) is 9.48 Å². The molecule has 0 aliphatic rings. The second-order valence-electron chi connectivity index (χ2n) is 6.95. The Morgan fingerprint density at radius 2 is 1.86 bits per heavy atom. The van der Waals surface area contributed by atoms with Crippen LogP contribution in [-0.4, -0.2) is 47.8 Å². The van der Waals surface area contributed by atoms with Gasteiger partial charge < -0.3 is 15.0 Å². The molecule has 0 saturated heterocycles. The summed E-state index contributed by atoms with van der Waals surface area (Å²) in [6.07, 6.45) is 0.843. The van der Waals surface area contributed by atoms with Gasteiger partial charge in [-0.25, -0.2) is 4.39 Å². The third-order valence-electron chi connectivity index (χ3n) is 4.29. The number of carbonyl (C=O) groups excluding carboxylic acids is 1. The Hall–Kier alpha value is -3.19. The number of rotatable bonds is 9. The lowest BCUT2D eigenvalue weighted by atomic mass is 10.2. The number of benzene rings is 2. The largest absolute Gasteiger partial charge is 0.477 e. The van der Waals surface area contributed by atoms with Crippen LogP contribution in [0.25, 0.3) is 0 Å². The maximum absolute atomic E-state index is 13.9. The number of hydrogen-bond donors (Lipinski definition) is 1. The van der Waals surface area contributed by atoms with Crippen LogP contribution in [0.4, 0.5) is 10.1 Å². The van der Waals surface area contributed by atoms with E-state index < -0.39 is 11.7 Å². The number of amides is 1. The molecule has 6 nitrogen and oxygen atoms in total. The van der Waals surface area contributed by atoms with Gasteiger partial charge in [0.1, 0.15) is 11.5 Å². The third kappa shape index (κ3) is 5.89. The number of ether oxygens (including phenoxy) is 1. The molecule has 0 atom stereocenters. The van der Waals surface area contributed by atoms with Gasteiger partial charge in [0.15, 0.2) is 0 Å². The molecule has 1 amide bonds. The monoisotopic (exact) mass is 396 g/mol. The van der Waals surface area contributed by atoms with Crippen molar-refractivity contribution in [3.05, 3.63) is 77.7 Å². The second-order valence-corrected chi connectivity index (χ2v) is 6.95. The highest BCUT2D eigenvalue weighted by molar-refractivity contribution is 6.03. The molecule has 0 aliphatic heterocycles. The van der Waals surface area contributed by atoms with E-state index in [0.29, 0.717) is 24.7 Å². The van der Waals surface area contributed by atoms with Crippen LogP contribution in [0.3, 0.4) is 0 Å². The van der Waals surface area contributed by atoms with Crippen LogP contribution >= 0.6 is 0 Å². The van der Waals surface area contributed by atoms with Gasteiger partial charge in [-0.05, 0) is 38.2 Å². The minimum Gasteiger partial charge on any atom is -0.477 e. The van der Waals surface area contributed by atoms with Crippen LogP contribution in [-0.2, 0) is 6.54 Å². The van der Waals surface area contributed by atoms with Crippen LogP contribution in [0.1, 0.15) is 22.5 Å². The van der Waals surface area contributed by atoms with E-state index in [4.69, 9.17) is 4.74 Å². The Morgan fingerprint density at radius 3 is 2.59 bits per heavy atom. The first-order valence-corrected chi connectivity index (χ1v) is 9.48. The summed E-state index contributed by atoms with van der Waals surface area (Å²) in [5.41, 5.74) is 1.42. The molecular formula is C22H25FN4O2. The summed E-state index contributed by atoms with van der Waals surface area (Å²) >= 11 is 0. The molecule has 0 spiro atoms. The van der Waals surface area contributed by atoms with Crippen molar-refractivity contribution in [1.29, 1.82) is 0 Å². The average molecular weight is 396 g/mol. The van der Waals surface area contributed by atoms with E-state index in [9.17, 15) is 9.18 Å². The predicted octanol–water partition coefficient (Wildman–Crippen LogP) is 3.65. The molecule has 0 bridgehead atoms. The number of para-hydroxylation sites is 1. The molecule has 3 rings (SSSR count). The highest BCUT2D eigenvalue weighted by Gasteiger charge is 2.18. The van der Waals surface area contributed by atoms with Crippen molar-refractivity contribution in [2.24, 2.45) is 0 Å². The van der Waals surface area contributed by atoms with Gasteiger partial charge in [-0.15, -0.1) is 5.10 Å². The zero-order valence-electron chi connectivity index (χ0n) is 16.6. The topological polar surface area (TPSA) is 59.4 Å². The average Bonchev–Trinajstić information content (AvgIpc) is 3.10. The molecule has 3 aromatic rings. The molecule has 7 heteroatoms. The number of anilines is 1. The van der Waals surface area contributed by atoms with E-state index >= 15 is 0 Å². The van der Waals surface area contributed by atoms with Gasteiger partial charge in [0, 0.05) is 12.6 Å². The Labute approximate surface area is 169 Å². The molecule has 29 heavy (non-hydrogen) atoms. The minimum absolute atomic E-state index is 0.124. The first-order chi connectivity index (χ1) is 14.0. The van der Waals surface area contributed by atoms with E-state index in [1.54, 1.807) is 22.9 Å². The van der Waals surface area contributed by atoms with Crippen molar-refractivity contribution in [3.8, 4) is 5.88 Å². The summed E-state index contributed by atoms with van der Waals surface area (Å²) in [4.78, 5) is 14.9. The summed E-state index contributed by atoms with van der Waals surface area (Å²) < 4.78 is 21.2. The molecule has 0 aliphatic carbocycles. The molecule has 0 fully saturated rings. The number of nitrogens with one attached hydrogen (secondary N) is 1. The second kappa shape index (κ2) is 9.84. The minimum atomic E-state index is -0.491. The summed E-state index contributed by atoms with van der Waals surface area (Å²) in [5.74, 6) is -0.560. The molecule has 152 valence electrons. The van der Waals surface area contributed by atoms with E-state index in [1.807, 2.05) is 44.4 Å². The summed E-state index contributed by atoms with van der Waals surface area (Å²) in [7, 11) is 4.00. The van der Waals surface area contributed by atoms with E-state index in [-0.39, 0.29) is 5.69 Å². The lowest BCUT2D eigenvalue weighted by molar-refractivity contribution is 0.101. The maximum Gasteiger partial charge on any atom is 0.274 e. The van der Waals surface area contributed by atoms with Gasteiger partial charge in [-0.1, -0.05) is 42.5 Å². The van der Waals surface area contributed by atoms with Crippen LogP contribution in [0.2, 0.25) is 0 Å². The fourth-order valence-electron chi connectivity index (χ4n) is 2.83. The van der Waals surface area contributed by atoms with E-state index in [2.05, 4.69) is 15.3 Å². The Kier molecular flexibility index (Phi) is 6.97. The smallest absolute Gasteiger partial charge is 0.274 e. The van der Waals surface area contributed by atoms with Crippen LogP contribution < -0.4 is 10.1 Å². The zero-order valence-corrected chi connectivity index (χ0v) is 16.6. The number of nitrogens with zero attached hydrogens (tertiary/aromatic N) is 3. The van der Waals surface area contributed by atoms with Crippen molar-refractivity contribution in [2.45, 2.75) is 13.0 Å². The van der Waals surface area contributed by atoms with Crippen molar-refractivity contribution in [3.63, 3.8) is 0 Å². The lowest BCUT2D eigenvalue weighted by Crippen LogP contribution is -2.18. The van der Waals surface area contributed by atoms with Crippen molar-refractivity contribution in [1.82, 2.24) is 14.7 Å². The fourth-order valence-corrected chi connectivity index (χ4v) is 2.83. The first-order valence-electron chi connectivity index (χ1n) is 9.48. The van der Waals surface area contributed by atoms with Crippen LogP contribution in [0.15, 0.2) is 60.7 Å². The molecule has 2 aromatic carbocycles.